The number of carboxylic acid groups (broad SMARTS) is 1. The molecule has 198 valence electrons. The van der Waals surface area contributed by atoms with Gasteiger partial charge in [0.15, 0.2) is 5.76 Å². The molecule has 1 amide bonds. The third kappa shape index (κ3) is 4.58. The van der Waals surface area contributed by atoms with E-state index >= 15 is 0 Å². The van der Waals surface area contributed by atoms with Crippen LogP contribution in [0.5, 0.6) is 0 Å². The van der Waals surface area contributed by atoms with Gasteiger partial charge in [0.2, 0.25) is 0 Å². The van der Waals surface area contributed by atoms with Crippen molar-refractivity contribution < 1.29 is 24.0 Å². The highest BCUT2D eigenvalue weighted by Gasteiger charge is 2.51. The number of aryl methyl sites for hydroxylation is 2. The van der Waals surface area contributed by atoms with E-state index in [4.69, 9.17) is 9.26 Å². The van der Waals surface area contributed by atoms with Gasteiger partial charge in [-0.15, -0.1) is 0 Å². The van der Waals surface area contributed by atoms with Gasteiger partial charge < -0.3 is 14.4 Å². The SMILES string of the molecule is Cc1noc(-c2ccc(-c3ccc(C4(C(=O)O)CC4)cc3)cc2)c1NC(=O)O[C@H](C)c1cccc2c1CCC2. The van der Waals surface area contributed by atoms with Crippen LogP contribution in [-0.2, 0) is 27.8 Å². The van der Waals surface area contributed by atoms with Gasteiger partial charge in [0.25, 0.3) is 0 Å². The number of carbonyl (C=O) groups is 2. The number of aliphatic carboxylic acids is 1. The maximum Gasteiger partial charge on any atom is 0.412 e. The number of anilines is 1. The van der Waals surface area contributed by atoms with E-state index in [0.29, 0.717) is 30.0 Å². The Morgan fingerprint density at radius 3 is 2.31 bits per heavy atom. The fourth-order valence-electron chi connectivity index (χ4n) is 5.65. The van der Waals surface area contributed by atoms with Crippen molar-refractivity contribution in [2.75, 3.05) is 5.32 Å². The molecule has 7 heteroatoms. The Kier molecular flexibility index (Phi) is 6.22. The van der Waals surface area contributed by atoms with E-state index < -0.39 is 17.5 Å². The molecular weight excluding hydrogens is 492 g/mol. The molecule has 0 bridgehead atoms. The van der Waals surface area contributed by atoms with Crippen LogP contribution in [0, 0.1) is 6.92 Å². The fourth-order valence-corrected chi connectivity index (χ4v) is 5.65. The standard InChI is InChI=1S/C32H30N2O5/c1-19-28(33-31(37)38-20(2)26-7-3-5-23-6-4-8-27(23)26)29(39-34-19)24-11-9-21(10-12-24)22-13-15-25(16-14-22)32(17-18-32)30(35)36/h3,5,7,9-16,20H,4,6,8,17-18H2,1-2H3,(H,33,37)(H,35,36)/t20-/m1/s1. The zero-order valence-electron chi connectivity index (χ0n) is 22.0. The maximum absolute atomic E-state index is 12.9. The van der Waals surface area contributed by atoms with Gasteiger partial charge in [0.05, 0.1) is 5.41 Å². The number of rotatable bonds is 7. The number of carbonyl (C=O) groups excluding carboxylic acids is 1. The molecular formula is C32H30N2O5. The van der Waals surface area contributed by atoms with Crippen LogP contribution in [-0.4, -0.2) is 22.3 Å². The molecule has 1 heterocycles. The van der Waals surface area contributed by atoms with Gasteiger partial charge >= 0.3 is 12.1 Å². The number of amides is 1. The van der Waals surface area contributed by atoms with Crippen LogP contribution in [0.1, 0.15) is 60.2 Å². The van der Waals surface area contributed by atoms with Crippen molar-refractivity contribution in [2.45, 2.75) is 57.5 Å². The van der Waals surface area contributed by atoms with Crippen LogP contribution >= 0.6 is 0 Å². The van der Waals surface area contributed by atoms with E-state index in [1.54, 1.807) is 6.92 Å². The summed E-state index contributed by atoms with van der Waals surface area (Å²) in [7, 11) is 0. The van der Waals surface area contributed by atoms with Crippen LogP contribution in [0.25, 0.3) is 22.5 Å². The number of aromatic nitrogens is 1. The van der Waals surface area contributed by atoms with Crippen molar-refractivity contribution in [1.29, 1.82) is 0 Å². The number of hydrogen-bond acceptors (Lipinski definition) is 5. The molecule has 0 spiro atoms. The Morgan fingerprint density at radius 2 is 1.64 bits per heavy atom. The lowest BCUT2D eigenvalue weighted by Gasteiger charge is -2.17. The molecule has 2 aliphatic rings. The zero-order valence-corrected chi connectivity index (χ0v) is 22.0. The second-order valence-corrected chi connectivity index (χ2v) is 10.5. The summed E-state index contributed by atoms with van der Waals surface area (Å²) in [5, 5.41) is 16.5. The van der Waals surface area contributed by atoms with Crippen LogP contribution in [0.2, 0.25) is 0 Å². The number of benzene rings is 3. The first-order valence-electron chi connectivity index (χ1n) is 13.3. The largest absolute Gasteiger partial charge is 0.481 e. The highest BCUT2D eigenvalue weighted by molar-refractivity contribution is 5.91. The normalized spacial score (nSPS) is 15.8. The zero-order chi connectivity index (χ0) is 27.1. The molecule has 2 N–H and O–H groups in total. The van der Waals surface area contributed by atoms with Gasteiger partial charge in [-0.25, -0.2) is 4.79 Å². The summed E-state index contributed by atoms with van der Waals surface area (Å²) in [6.07, 6.45) is 3.65. The van der Waals surface area contributed by atoms with Crippen molar-refractivity contribution in [3.63, 3.8) is 0 Å². The number of nitrogens with zero attached hydrogens (tertiary/aromatic N) is 1. The molecule has 0 unspecified atom stereocenters. The molecule has 1 atom stereocenters. The third-order valence-electron chi connectivity index (χ3n) is 8.07. The van der Waals surface area contributed by atoms with Crippen molar-refractivity contribution >= 4 is 17.7 Å². The summed E-state index contributed by atoms with van der Waals surface area (Å²) in [6.45, 7) is 3.67. The summed E-state index contributed by atoms with van der Waals surface area (Å²) in [6, 6.07) is 21.7. The molecule has 0 saturated heterocycles. The summed E-state index contributed by atoms with van der Waals surface area (Å²) in [4.78, 5) is 24.5. The van der Waals surface area contributed by atoms with Crippen LogP contribution in [0.4, 0.5) is 10.5 Å². The molecule has 7 nitrogen and oxygen atoms in total. The van der Waals surface area contributed by atoms with Gasteiger partial charge in [0.1, 0.15) is 17.5 Å². The first-order valence-corrected chi connectivity index (χ1v) is 13.3. The van der Waals surface area contributed by atoms with E-state index in [0.717, 1.165) is 47.1 Å². The number of carboxylic acids is 1. The lowest BCUT2D eigenvalue weighted by atomic mass is 9.93. The Labute approximate surface area is 226 Å². The summed E-state index contributed by atoms with van der Waals surface area (Å²) < 4.78 is 11.3. The molecule has 6 rings (SSSR count). The Hall–Kier alpha value is -4.39. The van der Waals surface area contributed by atoms with Crippen molar-refractivity contribution in [3.05, 3.63) is 94.7 Å². The number of ether oxygens (including phenoxy) is 1. The minimum atomic E-state index is -0.756. The van der Waals surface area contributed by atoms with Gasteiger partial charge in [-0.3, -0.25) is 10.1 Å². The molecule has 1 fully saturated rings. The predicted octanol–water partition coefficient (Wildman–Crippen LogP) is 7.23. The smallest absolute Gasteiger partial charge is 0.412 e. The van der Waals surface area contributed by atoms with Crippen LogP contribution in [0.15, 0.2) is 71.3 Å². The molecule has 1 aromatic heterocycles. The maximum atomic E-state index is 12.9. The Bertz CT molecular complexity index is 1550. The van der Waals surface area contributed by atoms with E-state index in [1.165, 1.54) is 11.1 Å². The average molecular weight is 523 g/mol. The van der Waals surface area contributed by atoms with E-state index in [9.17, 15) is 14.7 Å². The highest BCUT2D eigenvalue weighted by Crippen LogP contribution is 2.48. The van der Waals surface area contributed by atoms with Crippen molar-refractivity contribution in [3.8, 4) is 22.5 Å². The fraction of sp³-hybridized carbons (Fsp3) is 0.281. The molecule has 0 aliphatic heterocycles. The molecule has 4 aromatic rings. The first-order chi connectivity index (χ1) is 18.9. The van der Waals surface area contributed by atoms with E-state index in [1.807, 2.05) is 67.6 Å². The highest BCUT2D eigenvalue weighted by atomic mass is 16.6. The Balaban J connectivity index is 1.16. The number of fused-ring (bicyclic) bond motifs is 1. The lowest BCUT2D eigenvalue weighted by molar-refractivity contribution is -0.140. The lowest BCUT2D eigenvalue weighted by Crippen LogP contribution is -2.19. The minimum Gasteiger partial charge on any atom is -0.481 e. The molecule has 0 radical (unpaired) electrons. The summed E-state index contributed by atoms with van der Waals surface area (Å²) in [5.41, 5.74) is 7.60. The third-order valence-corrected chi connectivity index (χ3v) is 8.07. The van der Waals surface area contributed by atoms with Crippen LogP contribution < -0.4 is 5.32 Å². The monoisotopic (exact) mass is 522 g/mol. The van der Waals surface area contributed by atoms with E-state index in [2.05, 4.69) is 16.5 Å². The topological polar surface area (TPSA) is 102 Å². The van der Waals surface area contributed by atoms with Crippen molar-refractivity contribution in [2.24, 2.45) is 0 Å². The van der Waals surface area contributed by atoms with Gasteiger partial charge in [0, 0.05) is 5.56 Å². The molecule has 1 saturated carbocycles. The minimum absolute atomic E-state index is 0.377. The van der Waals surface area contributed by atoms with Gasteiger partial charge in [-0.2, -0.15) is 0 Å². The van der Waals surface area contributed by atoms with Gasteiger partial charge in [-0.05, 0) is 79.3 Å². The Morgan fingerprint density at radius 1 is 0.974 bits per heavy atom. The molecule has 3 aromatic carbocycles. The summed E-state index contributed by atoms with van der Waals surface area (Å²) in [5.74, 6) is -0.301. The summed E-state index contributed by atoms with van der Waals surface area (Å²) >= 11 is 0. The number of hydrogen-bond donors (Lipinski definition) is 2. The first kappa shape index (κ1) is 24.9. The van der Waals surface area contributed by atoms with Crippen LogP contribution in [0.3, 0.4) is 0 Å². The molecule has 2 aliphatic carbocycles. The second kappa shape index (κ2) is 9.73. The molecule has 39 heavy (non-hydrogen) atoms. The second-order valence-electron chi connectivity index (χ2n) is 10.5. The van der Waals surface area contributed by atoms with Crippen molar-refractivity contribution in [1.82, 2.24) is 5.16 Å². The average Bonchev–Trinajstić information content (AvgIpc) is 3.49. The quantitative estimate of drug-likeness (QED) is 0.265. The van der Waals surface area contributed by atoms with Gasteiger partial charge in [-0.1, -0.05) is 71.9 Å². The predicted molar refractivity (Wildman–Crippen MR) is 148 cm³/mol. The van der Waals surface area contributed by atoms with E-state index in [-0.39, 0.29) is 6.10 Å². The number of nitrogens with one attached hydrogen (secondary N) is 1.